The number of nitrogens with one attached hydrogen (secondary N) is 1. The van der Waals surface area contributed by atoms with Gasteiger partial charge in [-0.1, -0.05) is 65.8 Å². The lowest BCUT2D eigenvalue weighted by atomic mass is 9.89. The molecule has 0 aromatic heterocycles. The maximum absolute atomic E-state index is 6.31. The molecule has 1 aliphatic heterocycles. The lowest BCUT2D eigenvalue weighted by Crippen LogP contribution is -2.39. The normalized spacial score (nSPS) is 29.4. The number of rotatable bonds is 6. The molecule has 3 atom stereocenters. The Labute approximate surface area is 165 Å². The van der Waals surface area contributed by atoms with E-state index in [1.165, 1.54) is 41.2 Å². The number of hydrogen-bond donors (Lipinski definition) is 1. The van der Waals surface area contributed by atoms with Gasteiger partial charge in [0.15, 0.2) is 0 Å². The maximum atomic E-state index is 6.31. The lowest BCUT2D eigenvalue weighted by Gasteiger charge is -2.31. The number of ether oxygens (including phenoxy) is 2. The highest BCUT2D eigenvalue weighted by molar-refractivity contribution is 14.1. The number of halogens is 1. The third-order valence-corrected chi connectivity index (χ3v) is 6.78. The van der Waals surface area contributed by atoms with E-state index in [2.05, 4.69) is 66.0 Å². The Morgan fingerprint density at radius 2 is 2.00 bits per heavy atom. The van der Waals surface area contributed by atoms with Crippen LogP contribution in [0.4, 0.5) is 0 Å². The van der Waals surface area contributed by atoms with Crippen molar-refractivity contribution in [1.82, 2.24) is 5.32 Å². The average Bonchev–Trinajstić information content (AvgIpc) is 2.98. The van der Waals surface area contributed by atoms with Gasteiger partial charge in [0.1, 0.15) is 5.76 Å². The minimum atomic E-state index is -0.451. The first-order valence-corrected chi connectivity index (χ1v) is 11.0. The van der Waals surface area contributed by atoms with Crippen molar-refractivity contribution in [2.24, 2.45) is 5.92 Å². The Hall–Kier alpha value is -0.750. The smallest absolute Gasteiger partial charge is 0.206 e. The fourth-order valence-corrected chi connectivity index (χ4v) is 4.67. The van der Waals surface area contributed by atoms with Crippen LogP contribution < -0.4 is 5.32 Å². The molecule has 25 heavy (non-hydrogen) atoms. The van der Waals surface area contributed by atoms with E-state index in [4.69, 9.17) is 9.47 Å². The second-order valence-electron chi connectivity index (χ2n) is 7.43. The summed E-state index contributed by atoms with van der Waals surface area (Å²) in [6.45, 7) is 6.95. The predicted octanol–water partition coefficient (Wildman–Crippen LogP) is 5.42. The van der Waals surface area contributed by atoms with E-state index in [0.717, 1.165) is 23.8 Å². The van der Waals surface area contributed by atoms with Crippen molar-refractivity contribution in [3.05, 3.63) is 46.8 Å². The maximum Gasteiger partial charge on any atom is 0.206 e. The number of aryl methyl sites for hydroxylation is 1. The first-order chi connectivity index (χ1) is 12.1. The zero-order valence-corrected chi connectivity index (χ0v) is 17.8. The molecule has 3 rings (SSSR count). The van der Waals surface area contributed by atoms with Gasteiger partial charge < -0.3 is 14.8 Å². The Balaban J connectivity index is 1.63. The van der Waals surface area contributed by atoms with E-state index in [9.17, 15) is 0 Å². The molecule has 1 saturated carbocycles. The van der Waals surface area contributed by atoms with Crippen molar-refractivity contribution >= 4 is 22.6 Å². The highest BCUT2D eigenvalue weighted by Crippen LogP contribution is 2.36. The van der Waals surface area contributed by atoms with Crippen molar-refractivity contribution in [2.45, 2.75) is 64.7 Å². The fraction of sp³-hybridized carbons (Fsp3) is 0.619. The van der Waals surface area contributed by atoms with Crippen molar-refractivity contribution in [3.63, 3.8) is 0 Å². The average molecular weight is 455 g/mol. The molecule has 0 bridgehead atoms. The van der Waals surface area contributed by atoms with Gasteiger partial charge in [0.25, 0.3) is 0 Å². The van der Waals surface area contributed by atoms with Gasteiger partial charge in [0.05, 0.1) is 18.4 Å². The Bertz CT molecular complexity index is 613. The summed E-state index contributed by atoms with van der Waals surface area (Å²) in [7, 11) is 0. The molecule has 1 aromatic carbocycles. The van der Waals surface area contributed by atoms with Gasteiger partial charge in [-0.15, -0.1) is 0 Å². The largest absolute Gasteiger partial charge is 0.467 e. The first kappa shape index (κ1) is 19.0. The summed E-state index contributed by atoms with van der Waals surface area (Å²) in [6.07, 6.45) is 6.31. The molecular weight excluding hydrogens is 425 g/mol. The standard InChI is InChI=1S/C21H30INO2/c1-4-21(18-10-8-15(2)9-11-18)23-20(16(3)25-21)14-24-19-7-5-6-17(12-19)13-22/h8-11,17,19,23H,4-7,12-14H2,1-3H3/t17-,19+,21?/m1/s1. The molecule has 1 fully saturated rings. The van der Waals surface area contributed by atoms with Crippen molar-refractivity contribution in [3.8, 4) is 0 Å². The van der Waals surface area contributed by atoms with Crippen molar-refractivity contribution in [1.29, 1.82) is 0 Å². The van der Waals surface area contributed by atoms with Gasteiger partial charge in [0, 0.05) is 16.4 Å². The summed E-state index contributed by atoms with van der Waals surface area (Å²) in [4.78, 5) is 0. The molecule has 0 saturated heterocycles. The zero-order valence-electron chi connectivity index (χ0n) is 15.6. The Kier molecular flexibility index (Phi) is 6.31. The van der Waals surface area contributed by atoms with Crippen LogP contribution in [0.5, 0.6) is 0 Å². The predicted molar refractivity (Wildman–Crippen MR) is 111 cm³/mol. The monoisotopic (exact) mass is 455 g/mol. The van der Waals surface area contributed by atoms with Crippen LogP contribution in [-0.4, -0.2) is 17.1 Å². The highest BCUT2D eigenvalue weighted by atomic mass is 127. The first-order valence-electron chi connectivity index (χ1n) is 9.48. The highest BCUT2D eigenvalue weighted by Gasteiger charge is 2.39. The van der Waals surface area contributed by atoms with Crippen LogP contribution in [0.1, 0.15) is 57.1 Å². The van der Waals surface area contributed by atoms with Crippen LogP contribution in [0.3, 0.4) is 0 Å². The van der Waals surface area contributed by atoms with Gasteiger partial charge in [-0.05, 0) is 39.0 Å². The molecule has 1 aromatic rings. The van der Waals surface area contributed by atoms with E-state index in [1.54, 1.807) is 0 Å². The fourth-order valence-electron chi connectivity index (χ4n) is 3.87. The summed E-state index contributed by atoms with van der Waals surface area (Å²) in [5, 5.41) is 3.64. The van der Waals surface area contributed by atoms with E-state index in [-0.39, 0.29) is 0 Å². The van der Waals surface area contributed by atoms with Crippen LogP contribution in [0.15, 0.2) is 35.7 Å². The molecule has 138 valence electrons. The van der Waals surface area contributed by atoms with E-state index in [1.807, 2.05) is 6.92 Å². The minimum absolute atomic E-state index is 0.395. The topological polar surface area (TPSA) is 30.5 Å². The molecule has 0 amide bonds. The molecule has 0 spiro atoms. The van der Waals surface area contributed by atoms with Crippen LogP contribution >= 0.6 is 22.6 Å². The molecule has 1 aliphatic carbocycles. The summed E-state index contributed by atoms with van der Waals surface area (Å²) in [6, 6.07) is 8.62. The van der Waals surface area contributed by atoms with Gasteiger partial charge in [-0.25, -0.2) is 0 Å². The minimum Gasteiger partial charge on any atom is -0.467 e. The molecule has 0 radical (unpaired) electrons. The molecule has 3 nitrogen and oxygen atoms in total. The molecule has 1 heterocycles. The molecule has 4 heteroatoms. The summed E-state index contributed by atoms with van der Waals surface area (Å²) in [5.41, 5.74) is 3.09. The number of allylic oxidation sites excluding steroid dienone is 1. The van der Waals surface area contributed by atoms with Crippen LogP contribution in [0.25, 0.3) is 0 Å². The molecular formula is C21H30INO2. The zero-order chi connectivity index (χ0) is 17.9. The van der Waals surface area contributed by atoms with Crippen LogP contribution in [-0.2, 0) is 15.2 Å². The van der Waals surface area contributed by atoms with Crippen molar-refractivity contribution < 1.29 is 9.47 Å². The number of hydrogen-bond acceptors (Lipinski definition) is 3. The summed E-state index contributed by atoms with van der Waals surface area (Å²) >= 11 is 2.51. The van der Waals surface area contributed by atoms with E-state index in [0.29, 0.717) is 12.7 Å². The molecule has 2 aliphatic rings. The van der Waals surface area contributed by atoms with Gasteiger partial charge >= 0.3 is 0 Å². The van der Waals surface area contributed by atoms with Crippen LogP contribution in [0.2, 0.25) is 0 Å². The van der Waals surface area contributed by atoms with E-state index < -0.39 is 5.72 Å². The van der Waals surface area contributed by atoms with Crippen molar-refractivity contribution in [2.75, 3.05) is 11.0 Å². The summed E-state index contributed by atoms with van der Waals surface area (Å²) in [5.74, 6) is 1.79. The third-order valence-electron chi connectivity index (χ3n) is 5.54. The quantitative estimate of drug-likeness (QED) is 0.459. The van der Waals surface area contributed by atoms with E-state index >= 15 is 0 Å². The SMILES string of the molecule is CCC1(c2ccc(C)cc2)NC(CO[C@H]2CCC[C@@H](CI)C2)=C(C)O1. The van der Waals surface area contributed by atoms with Gasteiger partial charge in [-0.3, -0.25) is 0 Å². The number of alkyl halides is 1. The Morgan fingerprint density at radius 3 is 2.68 bits per heavy atom. The Morgan fingerprint density at radius 1 is 1.24 bits per heavy atom. The van der Waals surface area contributed by atoms with Gasteiger partial charge in [0.2, 0.25) is 5.72 Å². The van der Waals surface area contributed by atoms with Crippen LogP contribution in [0, 0.1) is 12.8 Å². The second-order valence-corrected chi connectivity index (χ2v) is 8.31. The van der Waals surface area contributed by atoms with Gasteiger partial charge in [-0.2, -0.15) is 0 Å². The lowest BCUT2D eigenvalue weighted by molar-refractivity contribution is -0.00281. The summed E-state index contributed by atoms with van der Waals surface area (Å²) < 4.78 is 13.8. The molecule has 1 N–H and O–H groups in total. The third kappa shape index (κ3) is 4.33. The molecule has 1 unspecified atom stereocenters. The number of benzene rings is 1. The second kappa shape index (κ2) is 8.30.